The lowest BCUT2D eigenvalue weighted by atomic mass is 10.2. The summed E-state index contributed by atoms with van der Waals surface area (Å²) in [7, 11) is 0. The molecule has 0 spiro atoms. The minimum Gasteiger partial charge on any atom is -0.376 e. The first-order chi connectivity index (χ1) is 8.43. The van der Waals surface area contributed by atoms with Crippen LogP contribution in [0.2, 0.25) is 5.02 Å². The maximum Gasteiger partial charge on any atom is 0.258 e. The van der Waals surface area contributed by atoms with Crippen molar-refractivity contribution in [1.29, 1.82) is 0 Å². The maximum atomic E-state index is 12.4. The van der Waals surface area contributed by atoms with Gasteiger partial charge in [0.05, 0.1) is 16.8 Å². The minimum atomic E-state index is -2.49. The topological polar surface area (TPSA) is 41.1 Å². The average molecular weight is 277 g/mol. The predicted octanol–water partition coefficient (Wildman–Crippen LogP) is 3.75. The van der Waals surface area contributed by atoms with Gasteiger partial charge in [0.15, 0.2) is 0 Å². The molecular formula is C12H15ClF2N2O. The van der Waals surface area contributed by atoms with E-state index in [2.05, 4.69) is 10.6 Å². The molecule has 100 valence electrons. The first-order valence-electron chi connectivity index (χ1n) is 5.58. The van der Waals surface area contributed by atoms with Gasteiger partial charge in [-0.1, -0.05) is 18.5 Å². The highest BCUT2D eigenvalue weighted by molar-refractivity contribution is 6.33. The Labute approximate surface area is 110 Å². The molecule has 1 aromatic rings. The molecule has 1 unspecified atom stereocenters. The summed E-state index contributed by atoms with van der Waals surface area (Å²) in [4.78, 5) is 11.2. The van der Waals surface area contributed by atoms with Gasteiger partial charge in [0, 0.05) is 12.1 Å². The van der Waals surface area contributed by atoms with Gasteiger partial charge in [-0.25, -0.2) is 8.78 Å². The number of anilines is 2. The van der Waals surface area contributed by atoms with Crippen LogP contribution in [0.1, 0.15) is 20.3 Å². The molecule has 1 atom stereocenters. The van der Waals surface area contributed by atoms with Gasteiger partial charge in [0.1, 0.15) is 0 Å². The standard InChI is InChI=1S/C12H15ClF2N2O/c1-3-11(18)17-8-4-5-9(13)10(6-8)16-7(2)12(14)15/h4-7,12,16H,3H2,1-2H3,(H,17,18). The molecule has 1 amide bonds. The fraction of sp³-hybridized carbons (Fsp3) is 0.417. The first-order valence-corrected chi connectivity index (χ1v) is 5.96. The molecule has 0 radical (unpaired) electrons. The summed E-state index contributed by atoms with van der Waals surface area (Å²) in [6, 6.07) is 3.69. The third-order valence-corrected chi connectivity index (χ3v) is 2.66. The first kappa shape index (κ1) is 14.7. The Balaban J connectivity index is 2.84. The Bertz CT molecular complexity index is 427. The molecule has 0 aliphatic rings. The summed E-state index contributed by atoms with van der Waals surface area (Å²) in [6.45, 7) is 3.08. The van der Waals surface area contributed by atoms with Crippen molar-refractivity contribution in [2.45, 2.75) is 32.7 Å². The highest BCUT2D eigenvalue weighted by atomic mass is 35.5. The molecule has 1 aromatic carbocycles. The lowest BCUT2D eigenvalue weighted by Crippen LogP contribution is -2.24. The van der Waals surface area contributed by atoms with E-state index in [1.165, 1.54) is 13.0 Å². The normalized spacial score (nSPS) is 12.3. The van der Waals surface area contributed by atoms with Gasteiger partial charge in [0.25, 0.3) is 6.43 Å². The molecule has 0 aliphatic carbocycles. The predicted molar refractivity (Wildman–Crippen MR) is 69.5 cm³/mol. The molecule has 6 heteroatoms. The van der Waals surface area contributed by atoms with Gasteiger partial charge in [-0.2, -0.15) is 0 Å². The molecule has 3 nitrogen and oxygen atoms in total. The maximum absolute atomic E-state index is 12.4. The van der Waals surface area contributed by atoms with E-state index in [0.29, 0.717) is 22.8 Å². The van der Waals surface area contributed by atoms with Crippen LogP contribution < -0.4 is 10.6 Å². The Morgan fingerprint density at radius 3 is 2.67 bits per heavy atom. The van der Waals surface area contributed by atoms with Crippen LogP contribution in [0.5, 0.6) is 0 Å². The molecule has 0 aromatic heterocycles. The minimum absolute atomic E-state index is 0.148. The van der Waals surface area contributed by atoms with Gasteiger partial charge in [-0.15, -0.1) is 0 Å². The van der Waals surface area contributed by atoms with Crippen molar-refractivity contribution >= 4 is 28.9 Å². The number of carbonyl (C=O) groups excluding carboxylic acids is 1. The van der Waals surface area contributed by atoms with Gasteiger partial charge in [0.2, 0.25) is 5.91 Å². The zero-order valence-corrected chi connectivity index (χ0v) is 10.9. The Hall–Kier alpha value is -1.36. The zero-order chi connectivity index (χ0) is 13.7. The van der Waals surface area contributed by atoms with Crippen molar-refractivity contribution in [3.63, 3.8) is 0 Å². The van der Waals surface area contributed by atoms with Crippen molar-refractivity contribution in [2.24, 2.45) is 0 Å². The van der Waals surface area contributed by atoms with Gasteiger partial charge in [-0.3, -0.25) is 4.79 Å². The number of halogens is 3. The van der Waals surface area contributed by atoms with Crippen molar-refractivity contribution in [1.82, 2.24) is 0 Å². The second kappa shape index (κ2) is 6.54. The fourth-order valence-corrected chi connectivity index (χ4v) is 1.44. The molecule has 0 heterocycles. The summed E-state index contributed by atoms with van der Waals surface area (Å²) < 4.78 is 24.9. The number of hydrogen-bond donors (Lipinski definition) is 2. The number of hydrogen-bond acceptors (Lipinski definition) is 2. The summed E-state index contributed by atoms with van der Waals surface area (Å²) in [5.41, 5.74) is 0.897. The van der Waals surface area contributed by atoms with Crippen LogP contribution in [0, 0.1) is 0 Å². The van der Waals surface area contributed by atoms with Crippen LogP contribution >= 0.6 is 11.6 Å². The van der Waals surface area contributed by atoms with Crippen molar-refractivity contribution in [3.05, 3.63) is 23.2 Å². The molecule has 0 saturated carbocycles. The lowest BCUT2D eigenvalue weighted by molar-refractivity contribution is -0.115. The zero-order valence-electron chi connectivity index (χ0n) is 10.1. The van der Waals surface area contributed by atoms with E-state index >= 15 is 0 Å². The third kappa shape index (κ3) is 4.14. The number of nitrogens with one attached hydrogen (secondary N) is 2. The smallest absolute Gasteiger partial charge is 0.258 e. The SMILES string of the molecule is CCC(=O)Nc1ccc(Cl)c(NC(C)C(F)F)c1. The van der Waals surface area contributed by atoms with E-state index < -0.39 is 12.5 Å². The summed E-state index contributed by atoms with van der Waals surface area (Å²) in [5, 5.41) is 5.58. The quantitative estimate of drug-likeness (QED) is 0.860. The van der Waals surface area contributed by atoms with Crippen molar-refractivity contribution in [3.8, 4) is 0 Å². The second-order valence-electron chi connectivity index (χ2n) is 3.86. The second-order valence-corrected chi connectivity index (χ2v) is 4.27. The van der Waals surface area contributed by atoms with Crippen molar-refractivity contribution < 1.29 is 13.6 Å². The van der Waals surface area contributed by atoms with E-state index in [0.717, 1.165) is 0 Å². The number of rotatable bonds is 5. The van der Waals surface area contributed by atoms with E-state index in [1.54, 1.807) is 19.1 Å². The Morgan fingerprint density at radius 1 is 1.44 bits per heavy atom. The molecule has 0 aliphatic heterocycles. The van der Waals surface area contributed by atoms with E-state index in [-0.39, 0.29) is 5.91 Å². The number of amides is 1. The average Bonchev–Trinajstić information content (AvgIpc) is 2.33. The van der Waals surface area contributed by atoms with Crippen LogP contribution in [0.3, 0.4) is 0 Å². The lowest BCUT2D eigenvalue weighted by Gasteiger charge is -2.16. The highest BCUT2D eigenvalue weighted by Crippen LogP contribution is 2.27. The van der Waals surface area contributed by atoms with Crippen LogP contribution in [0.15, 0.2) is 18.2 Å². The number of carbonyl (C=O) groups is 1. The number of benzene rings is 1. The Morgan fingerprint density at radius 2 is 2.11 bits per heavy atom. The summed E-state index contributed by atoms with van der Waals surface area (Å²) >= 11 is 5.90. The molecule has 0 fully saturated rings. The molecule has 2 N–H and O–H groups in total. The fourth-order valence-electron chi connectivity index (χ4n) is 1.27. The summed E-state index contributed by atoms with van der Waals surface area (Å²) in [5.74, 6) is -0.148. The van der Waals surface area contributed by atoms with Crippen LogP contribution in [-0.4, -0.2) is 18.4 Å². The molecule has 0 saturated heterocycles. The molecular weight excluding hydrogens is 262 g/mol. The van der Waals surface area contributed by atoms with Crippen molar-refractivity contribution in [2.75, 3.05) is 10.6 Å². The largest absolute Gasteiger partial charge is 0.376 e. The third-order valence-electron chi connectivity index (χ3n) is 2.33. The van der Waals surface area contributed by atoms with E-state index in [9.17, 15) is 13.6 Å². The monoisotopic (exact) mass is 276 g/mol. The molecule has 1 rings (SSSR count). The summed E-state index contributed by atoms with van der Waals surface area (Å²) in [6.07, 6.45) is -2.14. The molecule has 0 bridgehead atoms. The Kier molecular flexibility index (Phi) is 5.34. The van der Waals surface area contributed by atoms with E-state index in [1.807, 2.05) is 0 Å². The van der Waals surface area contributed by atoms with Crippen LogP contribution in [0.4, 0.5) is 20.2 Å². The highest BCUT2D eigenvalue weighted by Gasteiger charge is 2.15. The van der Waals surface area contributed by atoms with Gasteiger partial charge >= 0.3 is 0 Å². The van der Waals surface area contributed by atoms with Gasteiger partial charge in [-0.05, 0) is 25.1 Å². The van der Waals surface area contributed by atoms with E-state index in [4.69, 9.17) is 11.6 Å². The molecule has 18 heavy (non-hydrogen) atoms. The van der Waals surface area contributed by atoms with Crippen LogP contribution in [0.25, 0.3) is 0 Å². The van der Waals surface area contributed by atoms with Gasteiger partial charge < -0.3 is 10.6 Å². The number of alkyl halides is 2. The van der Waals surface area contributed by atoms with Crippen LogP contribution in [-0.2, 0) is 4.79 Å².